The SMILES string of the molecule is COc1ccc(-c2sc3cc(C)ccc3c2C(=O)c2ccc(OCCN(C)CCCCCC(=O)N3CCN(C(=O)c4cc(Cc5n[nH]c(=O)c6ccccc56)ccc4F)CC3)cc2)cc1. The molecule has 334 valence electrons. The number of nitrogens with one attached hydrogen (secondary N) is 1. The number of carbonyl (C=O) groups is 3. The van der Waals surface area contributed by atoms with Crippen LogP contribution in [0.25, 0.3) is 31.3 Å². The number of hydrogen-bond donors (Lipinski definition) is 1. The number of carbonyl (C=O) groups excluding carboxylic acids is 3. The van der Waals surface area contributed by atoms with E-state index in [0.29, 0.717) is 84.5 Å². The van der Waals surface area contributed by atoms with Gasteiger partial charge in [-0.3, -0.25) is 19.2 Å². The van der Waals surface area contributed by atoms with Crippen molar-refractivity contribution in [2.45, 2.75) is 39.0 Å². The van der Waals surface area contributed by atoms with E-state index < -0.39 is 11.7 Å². The second-order valence-electron chi connectivity index (χ2n) is 16.6. The summed E-state index contributed by atoms with van der Waals surface area (Å²) in [6.45, 7) is 5.61. The van der Waals surface area contributed by atoms with Crippen molar-refractivity contribution in [3.05, 3.63) is 159 Å². The molecule has 2 amide bonds. The molecule has 3 heterocycles. The van der Waals surface area contributed by atoms with Crippen LogP contribution in [-0.2, 0) is 11.2 Å². The van der Waals surface area contributed by atoms with Gasteiger partial charge in [-0.05, 0) is 123 Å². The molecule has 8 rings (SSSR count). The fourth-order valence-electron chi connectivity index (χ4n) is 8.32. The molecule has 1 aliphatic heterocycles. The number of H-pyrrole nitrogens is 1. The number of unbranched alkanes of at least 4 members (excludes halogenated alkanes) is 2. The lowest BCUT2D eigenvalue weighted by Gasteiger charge is -2.35. The van der Waals surface area contributed by atoms with Crippen LogP contribution in [0.15, 0.2) is 114 Å². The quantitative estimate of drug-likeness (QED) is 0.0710. The average Bonchev–Trinajstić information content (AvgIpc) is 3.71. The Morgan fingerprint density at radius 1 is 0.800 bits per heavy atom. The molecule has 0 bridgehead atoms. The number of ether oxygens (including phenoxy) is 2. The fourth-order valence-corrected chi connectivity index (χ4v) is 9.62. The summed E-state index contributed by atoms with van der Waals surface area (Å²) in [7, 11) is 3.69. The summed E-state index contributed by atoms with van der Waals surface area (Å²) in [6.07, 6.45) is 3.37. The first-order chi connectivity index (χ1) is 31.6. The van der Waals surface area contributed by atoms with Crippen molar-refractivity contribution in [3.63, 3.8) is 0 Å². The molecule has 11 nitrogen and oxygen atoms in total. The number of piperazine rings is 1. The standard InChI is InChI=1S/C52H52FN5O6S/c1-34-12-22-42-46(31-34)65-50(37-16-18-38(63-3)19-17-37)48(42)49(60)36-14-20-39(21-15-36)64-30-29-56(2)24-8-4-5-11-47(59)57-25-27-58(28-26-57)52(62)43-32-35(13-23-44(43)53)33-45-40-9-6-7-10-41(40)51(61)55-54-45/h6-7,9-10,12-23,31-32H,4-5,8,11,24-30,33H2,1-3H3,(H,55,61). The first kappa shape index (κ1) is 44.9. The summed E-state index contributed by atoms with van der Waals surface area (Å²) in [4.78, 5) is 59.3. The monoisotopic (exact) mass is 893 g/mol. The summed E-state index contributed by atoms with van der Waals surface area (Å²) >= 11 is 1.63. The topological polar surface area (TPSA) is 125 Å². The molecule has 7 aromatic rings. The average molecular weight is 894 g/mol. The molecule has 5 aromatic carbocycles. The van der Waals surface area contributed by atoms with E-state index in [9.17, 15) is 23.6 Å². The molecule has 13 heteroatoms. The molecule has 0 spiro atoms. The van der Waals surface area contributed by atoms with Gasteiger partial charge in [0.25, 0.3) is 11.5 Å². The van der Waals surface area contributed by atoms with E-state index in [1.165, 1.54) is 6.07 Å². The summed E-state index contributed by atoms with van der Waals surface area (Å²) in [5.41, 5.74) is 4.45. The van der Waals surface area contributed by atoms with Crippen LogP contribution in [-0.4, -0.2) is 103 Å². The number of nitrogens with zero attached hydrogens (tertiary/aromatic N) is 4. The second-order valence-corrected chi connectivity index (χ2v) is 17.6. The van der Waals surface area contributed by atoms with Crippen LogP contribution in [0.2, 0.25) is 0 Å². The second kappa shape index (κ2) is 20.4. The molecular formula is C52H52FN5O6S. The lowest BCUT2D eigenvalue weighted by molar-refractivity contribution is -0.132. The number of thiophene rings is 1. The lowest BCUT2D eigenvalue weighted by Crippen LogP contribution is -2.50. The van der Waals surface area contributed by atoms with E-state index in [-0.39, 0.29) is 22.8 Å². The van der Waals surface area contributed by atoms with E-state index in [1.807, 2.05) is 72.8 Å². The number of methoxy groups -OCH3 is 1. The molecule has 2 aromatic heterocycles. The van der Waals surface area contributed by atoms with Gasteiger partial charge in [0.05, 0.1) is 23.8 Å². The number of aryl methyl sites for hydroxylation is 1. The number of rotatable bonds is 17. The Bertz CT molecular complexity index is 2890. The molecule has 1 N–H and O–H groups in total. The van der Waals surface area contributed by atoms with Crippen molar-refractivity contribution in [2.24, 2.45) is 0 Å². The molecule has 0 aliphatic carbocycles. The molecule has 0 saturated carbocycles. The largest absolute Gasteiger partial charge is 0.497 e. The van der Waals surface area contributed by atoms with Crippen LogP contribution in [0, 0.1) is 12.7 Å². The molecule has 0 atom stereocenters. The van der Waals surface area contributed by atoms with E-state index in [1.54, 1.807) is 52.5 Å². The number of halogens is 1. The number of aromatic amines is 1. The van der Waals surface area contributed by atoms with Crippen molar-refractivity contribution in [1.82, 2.24) is 24.9 Å². The Morgan fingerprint density at radius 2 is 1.52 bits per heavy atom. The van der Waals surface area contributed by atoms with Crippen LogP contribution >= 0.6 is 11.3 Å². The van der Waals surface area contributed by atoms with Crippen LogP contribution < -0.4 is 15.0 Å². The molecule has 65 heavy (non-hydrogen) atoms. The van der Waals surface area contributed by atoms with Gasteiger partial charge >= 0.3 is 0 Å². The first-order valence-corrected chi connectivity index (χ1v) is 22.8. The Kier molecular flexibility index (Phi) is 14.1. The van der Waals surface area contributed by atoms with Gasteiger partial charge in [-0.1, -0.05) is 42.8 Å². The summed E-state index contributed by atoms with van der Waals surface area (Å²) in [5, 5.41) is 8.92. The minimum atomic E-state index is -0.603. The number of benzene rings is 5. The predicted molar refractivity (Wildman–Crippen MR) is 254 cm³/mol. The number of fused-ring (bicyclic) bond motifs is 2. The minimum Gasteiger partial charge on any atom is -0.497 e. The minimum absolute atomic E-state index is 0.0196. The zero-order valence-electron chi connectivity index (χ0n) is 36.9. The third-order valence-corrected chi connectivity index (χ3v) is 13.2. The van der Waals surface area contributed by atoms with Gasteiger partial charge in [-0.15, -0.1) is 11.3 Å². The van der Waals surface area contributed by atoms with Crippen LogP contribution in [0.5, 0.6) is 11.5 Å². The van der Waals surface area contributed by atoms with Crippen LogP contribution in [0.3, 0.4) is 0 Å². The zero-order valence-corrected chi connectivity index (χ0v) is 37.7. The number of hydrogen-bond acceptors (Lipinski definition) is 9. The van der Waals surface area contributed by atoms with Crippen LogP contribution in [0.4, 0.5) is 4.39 Å². The van der Waals surface area contributed by atoms with Gasteiger partial charge in [0.15, 0.2) is 5.78 Å². The van der Waals surface area contributed by atoms with E-state index in [0.717, 1.165) is 64.2 Å². The predicted octanol–water partition coefficient (Wildman–Crippen LogP) is 8.94. The summed E-state index contributed by atoms with van der Waals surface area (Å²) in [6, 6.07) is 33.0. The highest BCUT2D eigenvalue weighted by Gasteiger charge is 2.27. The molecular weight excluding hydrogens is 842 g/mol. The Morgan fingerprint density at radius 3 is 2.28 bits per heavy atom. The Labute approximate surface area is 381 Å². The molecule has 1 aliphatic rings. The van der Waals surface area contributed by atoms with Gasteiger partial charge in [0, 0.05) is 77.0 Å². The van der Waals surface area contributed by atoms with Gasteiger partial charge in [-0.2, -0.15) is 5.10 Å². The van der Waals surface area contributed by atoms with Crippen molar-refractivity contribution in [1.29, 1.82) is 0 Å². The highest BCUT2D eigenvalue weighted by molar-refractivity contribution is 7.22. The van der Waals surface area contributed by atoms with E-state index in [2.05, 4.69) is 35.1 Å². The highest BCUT2D eigenvalue weighted by Crippen LogP contribution is 2.41. The maximum absolute atomic E-state index is 15.0. The Balaban J connectivity index is 0.742. The number of ketones is 1. The molecule has 1 saturated heterocycles. The van der Waals surface area contributed by atoms with Gasteiger partial charge in [0.1, 0.15) is 23.9 Å². The smallest absolute Gasteiger partial charge is 0.272 e. The number of aromatic nitrogens is 2. The first-order valence-electron chi connectivity index (χ1n) is 22.0. The highest BCUT2D eigenvalue weighted by atomic mass is 32.1. The van der Waals surface area contributed by atoms with Crippen LogP contribution in [0.1, 0.15) is 68.8 Å². The molecule has 1 fully saturated rings. The van der Waals surface area contributed by atoms with Gasteiger partial charge in [0.2, 0.25) is 5.91 Å². The van der Waals surface area contributed by atoms with E-state index >= 15 is 0 Å². The maximum Gasteiger partial charge on any atom is 0.272 e. The third-order valence-electron chi connectivity index (χ3n) is 12.0. The van der Waals surface area contributed by atoms with Crippen molar-refractivity contribution in [3.8, 4) is 21.9 Å². The summed E-state index contributed by atoms with van der Waals surface area (Å²) in [5.74, 6) is 0.491. The van der Waals surface area contributed by atoms with Crippen molar-refractivity contribution in [2.75, 3.05) is 60.0 Å². The lowest BCUT2D eigenvalue weighted by atomic mass is 9.97. The van der Waals surface area contributed by atoms with Gasteiger partial charge in [-0.25, -0.2) is 9.49 Å². The van der Waals surface area contributed by atoms with E-state index in [4.69, 9.17) is 9.47 Å². The molecule has 0 radical (unpaired) electrons. The van der Waals surface area contributed by atoms with Crippen molar-refractivity contribution >= 4 is 49.8 Å². The number of likely N-dealkylation sites (N-methyl/N-ethyl adjacent to an activating group) is 1. The van der Waals surface area contributed by atoms with Crippen molar-refractivity contribution < 1.29 is 28.2 Å². The normalized spacial score (nSPS) is 12.9. The summed E-state index contributed by atoms with van der Waals surface area (Å²) < 4.78 is 27.5. The zero-order chi connectivity index (χ0) is 45.5. The molecule has 0 unspecified atom stereocenters. The maximum atomic E-state index is 15.0. The Hall–Kier alpha value is -6.70. The number of amides is 2. The van der Waals surface area contributed by atoms with Gasteiger partial charge < -0.3 is 24.2 Å². The fraction of sp³-hybridized carbons (Fsp3) is 0.288. The third kappa shape index (κ3) is 10.5.